The van der Waals surface area contributed by atoms with Gasteiger partial charge >= 0.3 is 0 Å². The summed E-state index contributed by atoms with van der Waals surface area (Å²) in [7, 11) is 0. The van der Waals surface area contributed by atoms with Gasteiger partial charge in [0.05, 0.1) is 11.1 Å². The topological polar surface area (TPSA) is 108 Å². The Morgan fingerprint density at radius 3 is 2.52 bits per heavy atom. The van der Waals surface area contributed by atoms with Crippen LogP contribution in [0.5, 0.6) is 0 Å². The molecule has 1 unspecified atom stereocenters. The zero-order valence-electron chi connectivity index (χ0n) is 15.3. The third-order valence-corrected chi connectivity index (χ3v) is 4.74. The molecule has 8 heteroatoms. The number of amides is 4. The fourth-order valence-electron chi connectivity index (χ4n) is 3.34. The highest BCUT2D eigenvalue weighted by atomic mass is 16.2. The van der Waals surface area contributed by atoms with Gasteiger partial charge < -0.3 is 10.6 Å². The maximum atomic E-state index is 12.7. The van der Waals surface area contributed by atoms with Crippen LogP contribution in [0.3, 0.4) is 0 Å². The zero-order valence-corrected chi connectivity index (χ0v) is 15.3. The SMILES string of the molecule is CCCNCCNCc1ccc2c(c1)C(=O)N(C1CCC(=O)NC1=O)C2=O. The molecule has 0 aromatic heterocycles. The highest BCUT2D eigenvalue weighted by molar-refractivity contribution is 6.23. The summed E-state index contributed by atoms with van der Waals surface area (Å²) in [5.41, 5.74) is 1.52. The van der Waals surface area contributed by atoms with Crippen molar-refractivity contribution in [3.05, 3.63) is 34.9 Å². The summed E-state index contributed by atoms with van der Waals surface area (Å²) >= 11 is 0. The van der Waals surface area contributed by atoms with Crippen molar-refractivity contribution in [1.82, 2.24) is 20.9 Å². The average molecular weight is 372 g/mol. The predicted molar refractivity (Wildman–Crippen MR) is 98.0 cm³/mol. The second-order valence-corrected chi connectivity index (χ2v) is 6.75. The molecule has 0 radical (unpaired) electrons. The molecule has 144 valence electrons. The van der Waals surface area contributed by atoms with Crippen molar-refractivity contribution < 1.29 is 19.2 Å². The van der Waals surface area contributed by atoms with Crippen LogP contribution in [0.1, 0.15) is 52.5 Å². The van der Waals surface area contributed by atoms with E-state index in [4.69, 9.17) is 0 Å². The van der Waals surface area contributed by atoms with Gasteiger partial charge in [-0.2, -0.15) is 0 Å². The Bertz CT molecular complexity index is 777. The lowest BCUT2D eigenvalue weighted by Crippen LogP contribution is -2.54. The van der Waals surface area contributed by atoms with E-state index in [1.807, 2.05) is 6.07 Å². The molecule has 0 saturated carbocycles. The molecule has 27 heavy (non-hydrogen) atoms. The van der Waals surface area contributed by atoms with E-state index in [1.54, 1.807) is 12.1 Å². The summed E-state index contributed by atoms with van der Waals surface area (Å²) in [6.45, 7) is 5.33. The number of piperidine rings is 1. The first-order valence-corrected chi connectivity index (χ1v) is 9.29. The minimum absolute atomic E-state index is 0.116. The normalized spacial score (nSPS) is 19.4. The van der Waals surface area contributed by atoms with E-state index in [0.717, 1.165) is 36.5 Å². The number of fused-ring (bicyclic) bond motifs is 1. The molecule has 2 aliphatic heterocycles. The van der Waals surface area contributed by atoms with Crippen LogP contribution in [0.4, 0.5) is 0 Å². The highest BCUT2D eigenvalue weighted by Gasteiger charge is 2.44. The lowest BCUT2D eigenvalue weighted by Gasteiger charge is -2.27. The van der Waals surface area contributed by atoms with Gasteiger partial charge in [-0.15, -0.1) is 0 Å². The van der Waals surface area contributed by atoms with Crippen LogP contribution < -0.4 is 16.0 Å². The van der Waals surface area contributed by atoms with Gasteiger partial charge in [0.2, 0.25) is 11.8 Å². The molecule has 1 aromatic carbocycles. The summed E-state index contributed by atoms with van der Waals surface area (Å²) in [5.74, 6) is -1.93. The van der Waals surface area contributed by atoms with Gasteiger partial charge in [0.1, 0.15) is 6.04 Å². The fraction of sp³-hybridized carbons (Fsp3) is 0.474. The lowest BCUT2D eigenvalue weighted by atomic mass is 10.0. The molecule has 8 nitrogen and oxygen atoms in total. The zero-order chi connectivity index (χ0) is 19.4. The molecule has 0 aliphatic carbocycles. The first-order valence-electron chi connectivity index (χ1n) is 9.29. The van der Waals surface area contributed by atoms with Gasteiger partial charge in [-0.25, -0.2) is 0 Å². The van der Waals surface area contributed by atoms with Gasteiger partial charge in [-0.1, -0.05) is 13.0 Å². The van der Waals surface area contributed by atoms with Crippen molar-refractivity contribution in [2.75, 3.05) is 19.6 Å². The molecule has 3 rings (SSSR count). The van der Waals surface area contributed by atoms with Gasteiger partial charge in [0.25, 0.3) is 11.8 Å². The lowest BCUT2D eigenvalue weighted by molar-refractivity contribution is -0.136. The van der Waals surface area contributed by atoms with Crippen LogP contribution >= 0.6 is 0 Å². The van der Waals surface area contributed by atoms with Crippen molar-refractivity contribution >= 4 is 23.6 Å². The van der Waals surface area contributed by atoms with Crippen LogP contribution in [0.2, 0.25) is 0 Å². The third-order valence-electron chi connectivity index (χ3n) is 4.74. The number of carbonyl (C=O) groups is 4. The van der Waals surface area contributed by atoms with E-state index in [9.17, 15) is 19.2 Å². The average Bonchev–Trinajstić information content (AvgIpc) is 2.89. The summed E-state index contributed by atoms with van der Waals surface area (Å²) in [5, 5.41) is 8.78. The molecule has 2 heterocycles. The molecular formula is C19H24N4O4. The molecule has 1 atom stereocenters. The Labute approximate surface area is 157 Å². The molecule has 0 bridgehead atoms. The van der Waals surface area contributed by atoms with Crippen molar-refractivity contribution in [1.29, 1.82) is 0 Å². The summed E-state index contributed by atoms with van der Waals surface area (Å²) in [6.07, 6.45) is 1.37. The fourth-order valence-corrected chi connectivity index (χ4v) is 3.34. The van der Waals surface area contributed by atoms with Crippen molar-refractivity contribution in [2.24, 2.45) is 0 Å². The number of hydrogen-bond acceptors (Lipinski definition) is 6. The van der Waals surface area contributed by atoms with E-state index in [0.29, 0.717) is 17.7 Å². The van der Waals surface area contributed by atoms with Crippen LogP contribution in [-0.4, -0.2) is 54.2 Å². The molecule has 1 saturated heterocycles. The number of carbonyl (C=O) groups excluding carboxylic acids is 4. The van der Waals surface area contributed by atoms with Crippen molar-refractivity contribution in [3.8, 4) is 0 Å². The summed E-state index contributed by atoms with van der Waals surface area (Å²) in [6, 6.07) is 4.22. The number of imide groups is 2. The predicted octanol–water partition coefficient (Wildman–Crippen LogP) is 0.177. The van der Waals surface area contributed by atoms with E-state index in [2.05, 4.69) is 22.9 Å². The second kappa shape index (κ2) is 8.41. The number of rotatable bonds is 8. The van der Waals surface area contributed by atoms with Crippen molar-refractivity contribution in [3.63, 3.8) is 0 Å². The Morgan fingerprint density at radius 1 is 1.04 bits per heavy atom. The quantitative estimate of drug-likeness (QED) is 0.444. The van der Waals surface area contributed by atoms with Crippen LogP contribution in [0.25, 0.3) is 0 Å². The second-order valence-electron chi connectivity index (χ2n) is 6.75. The molecule has 3 N–H and O–H groups in total. The molecular weight excluding hydrogens is 348 g/mol. The van der Waals surface area contributed by atoms with Gasteiger partial charge in [-0.05, 0) is 37.1 Å². The van der Waals surface area contributed by atoms with E-state index in [1.165, 1.54) is 0 Å². The van der Waals surface area contributed by atoms with Gasteiger partial charge in [0.15, 0.2) is 0 Å². The highest BCUT2D eigenvalue weighted by Crippen LogP contribution is 2.28. The van der Waals surface area contributed by atoms with Gasteiger partial charge in [-0.3, -0.25) is 29.4 Å². The first kappa shape index (κ1) is 19.2. The summed E-state index contributed by atoms with van der Waals surface area (Å²) < 4.78 is 0. The third kappa shape index (κ3) is 4.06. The van der Waals surface area contributed by atoms with Gasteiger partial charge in [0, 0.05) is 26.1 Å². The maximum Gasteiger partial charge on any atom is 0.262 e. The molecule has 2 aliphatic rings. The number of nitrogens with one attached hydrogen (secondary N) is 3. The smallest absolute Gasteiger partial charge is 0.262 e. The summed E-state index contributed by atoms with van der Waals surface area (Å²) in [4.78, 5) is 49.7. The van der Waals surface area contributed by atoms with E-state index < -0.39 is 23.8 Å². The van der Waals surface area contributed by atoms with Crippen LogP contribution in [0.15, 0.2) is 18.2 Å². The van der Waals surface area contributed by atoms with E-state index >= 15 is 0 Å². The number of benzene rings is 1. The van der Waals surface area contributed by atoms with Crippen LogP contribution in [0, 0.1) is 0 Å². The number of nitrogens with zero attached hydrogens (tertiary/aromatic N) is 1. The Morgan fingerprint density at radius 2 is 1.78 bits per heavy atom. The maximum absolute atomic E-state index is 12.7. The molecule has 0 spiro atoms. The minimum atomic E-state index is -0.929. The Kier molecular flexibility index (Phi) is 5.98. The standard InChI is InChI=1S/C19H24N4O4/c1-2-7-20-8-9-21-11-12-3-4-13-14(10-12)19(27)23(18(13)26)15-5-6-16(24)22-17(15)25/h3-4,10,15,20-21H,2,5-9,11H2,1H3,(H,22,24,25). The molecule has 1 aromatic rings. The number of hydrogen-bond donors (Lipinski definition) is 3. The first-order chi connectivity index (χ1) is 13.0. The Hall–Kier alpha value is -2.58. The monoisotopic (exact) mass is 372 g/mol. The van der Waals surface area contributed by atoms with Crippen molar-refractivity contribution in [2.45, 2.75) is 38.8 Å². The minimum Gasteiger partial charge on any atom is -0.315 e. The van der Waals surface area contributed by atoms with Crippen LogP contribution in [-0.2, 0) is 16.1 Å². The van der Waals surface area contributed by atoms with E-state index in [-0.39, 0.29) is 18.7 Å². The largest absolute Gasteiger partial charge is 0.315 e. The molecule has 1 fully saturated rings. The Balaban J connectivity index is 1.66. The molecule has 4 amide bonds.